The van der Waals surface area contributed by atoms with Gasteiger partial charge in [-0.05, 0) is 37.1 Å². The van der Waals surface area contributed by atoms with Gasteiger partial charge in [-0.3, -0.25) is 4.79 Å². The molecule has 1 aliphatic carbocycles. The predicted molar refractivity (Wildman–Crippen MR) is 127 cm³/mol. The molecule has 0 radical (unpaired) electrons. The molecular formula is C24H25ClN6O3. The number of carbonyl (C=O) groups excluding carboxylic acids is 1. The summed E-state index contributed by atoms with van der Waals surface area (Å²) in [6.07, 6.45) is 2.22. The Bertz CT molecular complexity index is 1180. The van der Waals surface area contributed by atoms with Gasteiger partial charge in [0.05, 0.1) is 18.9 Å². The minimum absolute atomic E-state index is 0.0890. The second-order valence-electron chi connectivity index (χ2n) is 9.01. The molecule has 2 aromatic heterocycles. The number of likely N-dealkylation sites (tertiary alicyclic amines) is 1. The van der Waals surface area contributed by atoms with Crippen LogP contribution >= 0.6 is 11.6 Å². The molecule has 1 aromatic carbocycles. The minimum atomic E-state index is -0.0890. The second kappa shape index (κ2) is 8.88. The molecule has 0 bridgehead atoms. The van der Waals surface area contributed by atoms with Gasteiger partial charge in [0.2, 0.25) is 5.95 Å². The Balaban J connectivity index is 1.19. The lowest BCUT2D eigenvalue weighted by Crippen LogP contribution is -2.49. The third-order valence-corrected chi connectivity index (χ3v) is 6.71. The van der Waals surface area contributed by atoms with Crippen molar-refractivity contribution in [3.63, 3.8) is 0 Å². The molecule has 2 saturated heterocycles. The van der Waals surface area contributed by atoms with Crippen LogP contribution in [0.5, 0.6) is 0 Å². The van der Waals surface area contributed by atoms with Crippen LogP contribution in [-0.2, 0) is 4.74 Å². The largest absolute Gasteiger partial charge is 0.378 e. The molecule has 1 saturated carbocycles. The zero-order valence-corrected chi connectivity index (χ0v) is 19.4. The van der Waals surface area contributed by atoms with Gasteiger partial charge in [-0.1, -0.05) is 16.8 Å². The fraction of sp³-hybridized carbons (Fsp3) is 0.417. The lowest BCUT2D eigenvalue weighted by atomic mass is 9.95. The predicted octanol–water partition coefficient (Wildman–Crippen LogP) is 3.82. The summed E-state index contributed by atoms with van der Waals surface area (Å²) in [5, 5.41) is 8.03. The van der Waals surface area contributed by atoms with Crippen LogP contribution in [0, 0.1) is 0 Å². The molecule has 0 spiro atoms. The van der Waals surface area contributed by atoms with E-state index in [1.807, 2.05) is 30.3 Å². The fourth-order valence-corrected chi connectivity index (χ4v) is 4.38. The summed E-state index contributed by atoms with van der Waals surface area (Å²) < 4.78 is 10.8. The van der Waals surface area contributed by atoms with Crippen LogP contribution in [0.3, 0.4) is 0 Å². The van der Waals surface area contributed by atoms with Crippen molar-refractivity contribution in [2.24, 2.45) is 0 Å². The van der Waals surface area contributed by atoms with E-state index in [4.69, 9.17) is 30.8 Å². The first-order valence-corrected chi connectivity index (χ1v) is 12.0. The SMILES string of the molecule is O=C(c1cc(C2CC2)on1)N1CC(c2cc(Nc3ccc(Cl)cc3)nc(N3CCOCC3)n2)C1. The number of hydrogen-bond donors (Lipinski definition) is 1. The Morgan fingerprint density at radius 3 is 2.53 bits per heavy atom. The smallest absolute Gasteiger partial charge is 0.276 e. The number of hydrogen-bond acceptors (Lipinski definition) is 8. The van der Waals surface area contributed by atoms with Crippen LogP contribution < -0.4 is 10.2 Å². The third kappa shape index (κ3) is 4.45. The van der Waals surface area contributed by atoms with Gasteiger partial charge in [-0.2, -0.15) is 4.98 Å². The Kier molecular flexibility index (Phi) is 5.58. The van der Waals surface area contributed by atoms with Crippen LogP contribution in [0.4, 0.5) is 17.5 Å². The highest BCUT2D eigenvalue weighted by atomic mass is 35.5. The minimum Gasteiger partial charge on any atom is -0.378 e. The van der Waals surface area contributed by atoms with Crippen molar-refractivity contribution in [3.05, 3.63) is 58.6 Å². The summed E-state index contributed by atoms with van der Waals surface area (Å²) in [5.74, 6) is 2.69. The highest BCUT2D eigenvalue weighted by Crippen LogP contribution is 2.40. The molecule has 1 N–H and O–H groups in total. The number of nitrogens with zero attached hydrogens (tertiary/aromatic N) is 5. The average molecular weight is 481 g/mol. The van der Waals surface area contributed by atoms with E-state index >= 15 is 0 Å². The highest BCUT2D eigenvalue weighted by molar-refractivity contribution is 6.30. The Labute approximate surface area is 202 Å². The molecular weight excluding hydrogens is 456 g/mol. The van der Waals surface area contributed by atoms with Gasteiger partial charge in [0.1, 0.15) is 11.6 Å². The van der Waals surface area contributed by atoms with Crippen LogP contribution in [0.15, 0.2) is 40.9 Å². The van der Waals surface area contributed by atoms with Crippen LogP contribution in [-0.4, -0.2) is 65.3 Å². The van der Waals surface area contributed by atoms with Crippen molar-refractivity contribution in [2.75, 3.05) is 49.6 Å². The molecule has 10 heteroatoms. The number of halogens is 1. The van der Waals surface area contributed by atoms with E-state index in [1.54, 1.807) is 11.0 Å². The van der Waals surface area contributed by atoms with Gasteiger partial charge in [0.15, 0.2) is 5.69 Å². The number of rotatable bonds is 6. The molecule has 6 rings (SSSR count). The molecule has 2 aliphatic heterocycles. The summed E-state index contributed by atoms with van der Waals surface area (Å²) in [4.78, 5) is 26.4. The first-order chi connectivity index (χ1) is 16.6. The first kappa shape index (κ1) is 21.4. The molecule has 0 atom stereocenters. The summed E-state index contributed by atoms with van der Waals surface area (Å²) in [6.45, 7) is 3.97. The maximum atomic E-state index is 12.8. The quantitative estimate of drug-likeness (QED) is 0.568. The van der Waals surface area contributed by atoms with E-state index in [0.29, 0.717) is 54.7 Å². The first-order valence-electron chi connectivity index (χ1n) is 11.6. The second-order valence-corrected chi connectivity index (χ2v) is 9.44. The normalized spacial score (nSPS) is 18.6. The van der Waals surface area contributed by atoms with E-state index in [0.717, 1.165) is 43.1 Å². The van der Waals surface area contributed by atoms with Gasteiger partial charge in [-0.25, -0.2) is 4.98 Å². The maximum Gasteiger partial charge on any atom is 0.276 e. The molecule has 0 unspecified atom stereocenters. The van der Waals surface area contributed by atoms with Gasteiger partial charge < -0.3 is 24.4 Å². The van der Waals surface area contributed by atoms with Crippen molar-refractivity contribution in [3.8, 4) is 0 Å². The Morgan fingerprint density at radius 1 is 1.03 bits per heavy atom. The van der Waals surface area contributed by atoms with E-state index in [-0.39, 0.29) is 11.8 Å². The van der Waals surface area contributed by atoms with E-state index < -0.39 is 0 Å². The van der Waals surface area contributed by atoms with E-state index in [1.165, 1.54) is 0 Å². The number of ether oxygens (including phenoxy) is 1. The Morgan fingerprint density at radius 2 is 1.79 bits per heavy atom. The molecule has 3 fully saturated rings. The van der Waals surface area contributed by atoms with E-state index in [2.05, 4.69) is 15.4 Å². The molecule has 3 aromatic rings. The summed E-state index contributed by atoms with van der Waals surface area (Å²) in [6, 6.07) is 11.3. The van der Waals surface area contributed by atoms with E-state index in [9.17, 15) is 4.79 Å². The monoisotopic (exact) mass is 480 g/mol. The number of carbonyl (C=O) groups is 1. The summed E-state index contributed by atoms with van der Waals surface area (Å²) in [5.41, 5.74) is 2.20. The van der Waals surface area contributed by atoms with Crippen molar-refractivity contribution in [2.45, 2.75) is 24.7 Å². The third-order valence-electron chi connectivity index (χ3n) is 6.46. The van der Waals surface area contributed by atoms with Gasteiger partial charge >= 0.3 is 0 Å². The zero-order chi connectivity index (χ0) is 23.1. The van der Waals surface area contributed by atoms with Crippen LogP contribution in [0.1, 0.15) is 46.6 Å². The number of benzene rings is 1. The average Bonchev–Trinajstić information content (AvgIpc) is 3.56. The van der Waals surface area contributed by atoms with Gasteiger partial charge in [-0.15, -0.1) is 0 Å². The summed E-state index contributed by atoms with van der Waals surface area (Å²) in [7, 11) is 0. The topological polar surface area (TPSA) is 96.6 Å². The lowest BCUT2D eigenvalue weighted by Gasteiger charge is -2.38. The lowest BCUT2D eigenvalue weighted by molar-refractivity contribution is 0.0588. The fourth-order valence-electron chi connectivity index (χ4n) is 4.26. The van der Waals surface area contributed by atoms with Crippen molar-refractivity contribution in [1.82, 2.24) is 20.0 Å². The van der Waals surface area contributed by atoms with Crippen LogP contribution in [0.25, 0.3) is 0 Å². The molecule has 9 nitrogen and oxygen atoms in total. The molecule has 3 aliphatic rings. The number of anilines is 3. The van der Waals surface area contributed by atoms with Crippen molar-refractivity contribution in [1.29, 1.82) is 0 Å². The van der Waals surface area contributed by atoms with Crippen LogP contribution in [0.2, 0.25) is 5.02 Å². The standard InChI is InChI=1S/C24H25ClN6O3/c25-17-3-5-18(6-4-17)26-22-12-19(27-24(28-22)30-7-9-33-10-8-30)16-13-31(14-16)23(32)20-11-21(34-29-20)15-1-2-15/h3-6,11-12,15-16H,1-2,7-10,13-14H2,(H,26,27,28). The van der Waals surface area contributed by atoms with Crippen molar-refractivity contribution >= 4 is 35.0 Å². The summed E-state index contributed by atoms with van der Waals surface area (Å²) >= 11 is 6.02. The van der Waals surface area contributed by atoms with Gasteiger partial charge in [0.25, 0.3) is 5.91 Å². The molecule has 34 heavy (non-hydrogen) atoms. The molecule has 176 valence electrons. The maximum absolute atomic E-state index is 12.8. The highest BCUT2D eigenvalue weighted by Gasteiger charge is 2.36. The molecule has 1 amide bonds. The zero-order valence-electron chi connectivity index (χ0n) is 18.6. The number of nitrogens with one attached hydrogen (secondary N) is 1. The number of amides is 1. The van der Waals surface area contributed by atoms with Gasteiger partial charge in [0, 0.05) is 60.9 Å². The van der Waals surface area contributed by atoms with Crippen molar-refractivity contribution < 1.29 is 14.1 Å². The number of morpholine rings is 1. The number of aromatic nitrogens is 3. The molecule has 4 heterocycles. The Hall–Kier alpha value is -3.17.